The largest absolute Gasteiger partial charge is 0.326 e. The number of carbonyl (C=O) groups is 2. The van der Waals surface area contributed by atoms with Gasteiger partial charge in [-0.05, 0) is 48.6 Å². The van der Waals surface area contributed by atoms with Crippen molar-refractivity contribution < 1.29 is 9.59 Å². The van der Waals surface area contributed by atoms with Crippen molar-refractivity contribution >= 4 is 35.0 Å². The van der Waals surface area contributed by atoms with Crippen molar-refractivity contribution in [3.05, 3.63) is 54.1 Å². The molecule has 1 saturated heterocycles. The molecule has 0 bridgehead atoms. The van der Waals surface area contributed by atoms with Gasteiger partial charge in [-0.3, -0.25) is 9.59 Å². The average molecular weight is 354 g/mol. The second-order valence-electron chi connectivity index (χ2n) is 6.15. The van der Waals surface area contributed by atoms with Crippen LogP contribution in [0.5, 0.6) is 0 Å². The molecule has 0 aliphatic carbocycles. The predicted molar refractivity (Wildman–Crippen MR) is 103 cm³/mol. The Morgan fingerprint density at radius 1 is 1.24 bits per heavy atom. The monoisotopic (exact) mass is 354 g/mol. The first-order valence-corrected chi connectivity index (χ1v) is 9.67. The van der Waals surface area contributed by atoms with E-state index in [0.29, 0.717) is 6.54 Å². The van der Waals surface area contributed by atoms with E-state index in [9.17, 15) is 9.59 Å². The van der Waals surface area contributed by atoms with Gasteiger partial charge in [0.05, 0.1) is 5.92 Å². The van der Waals surface area contributed by atoms with E-state index in [1.807, 2.05) is 54.8 Å². The van der Waals surface area contributed by atoms with Crippen LogP contribution in [0.3, 0.4) is 0 Å². The summed E-state index contributed by atoms with van der Waals surface area (Å²) in [6, 6.07) is 15.7. The lowest BCUT2D eigenvalue weighted by Gasteiger charge is -2.17. The number of amides is 2. The van der Waals surface area contributed by atoms with Gasteiger partial charge >= 0.3 is 0 Å². The number of hydrogen-bond donors (Lipinski definition) is 1. The van der Waals surface area contributed by atoms with Gasteiger partial charge in [-0.25, -0.2) is 0 Å². The average Bonchev–Trinajstić information content (AvgIpc) is 3.04. The Bertz CT molecular complexity index is 791. The maximum atomic E-state index is 12.6. The minimum atomic E-state index is -0.323. The van der Waals surface area contributed by atoms with Gasteiger partial charge in [0.1, 0.15) is 0 Å². The molecule has 0 aromatic heterocycles. The molecule has 1 heterocycles. The van der Waals surface area contributed by atoms with Crippen molar-refractivity contribution in [3.63, 3.8) is 0 Å². The van der Waals surface area contributed by atoms with E-state index in [1.165, 1.54) is 5.56 Å². The number of benzene rings is 2. The second kappa shape index (κ2) is 7.74. The van der Waals surface area contributed by atoms with E-state index in [4.69, 9.17) is 0 Å². The number of anilines is 2. The van der Waals surface area contributed by atoms with Crippen LogP contribution in [0, 0.1) is 5.92 Å². The zero-order valence-corrected chi connectivity index (χ0v) is 15.3. The summed E-state index contributed by atoms with van der Waals surface area (Å²) in [5.74, 6) is -0.414. The number of thioether (sulfide) groups is 1. The summed E-state index contributed by atoms with van der Waals surface area (Å²) >= 11 is 1.63. The van der Waals surface area contributed by atoms with E-state index in [2.05, 4.69) is 12.2 Å². The molecule has 2 aromatic carbocycles. The topological polar surface area (TPSA) is 49.4 Å². The van der Waals surface area contributed by atoms with Gasteiger partial charge < -0.3 is 10.2 Å². The fourth-order valence-corrected chi connectivity index (χ4v) is 3.48. The molecule has 0 unspecified atom stereocenters. The first kappa shape index (κ1) is 17.5. The maximum absolute atomic E-state index is 12.6. The van der Waals surface area contributed by atoms with Gasteiger partial charge in [-0.1, -0.05) is 25.1 Å². The molecule has 4 nitrogen and oxygen atoms in total. The van der Waals surface area contributed by atoms with E-state index in [1.54, 1.807) is 16.7 Å². The van der Waals surface area contributed by atoms with Gasteiger partial charge in [0.15, 0.2) is 0 Å². The predicted octanol–water partition coefficient (Wildman–Crippen LogP) is 3.96. The van der Waals surface area contributed by atoms with Crippen molar-refractivity contribution in [2.75, 3.05) is 23.0 Å². The van der Waals surface area contributed by atoms with Gasteiger partial charge in [0, 0.05) is 29.2 Å². The quantitative estimate of drug-likeness (QED) is 0.827. The number of aryl methyl sites for hydroxylation is 1. The molecular formula is C20H22N2O2S. The van der Waals surface area contributed by atoms with Crippen LogP contribution in [-0.4, -0.2) is 24.6 Å². The molecule has 25 heavy (non-hydrogen) atoms. The van der Waals surface area contributed by atoms with Crippen LogP contribution in [0.2, 0.25) is 0 Å². The molecule has 3 rings (SSSR count). The fourth-order valence-electron chi connectivity index (χ4n) is 3.02. The molecule has 2 amide bonds. The lowest BCUT2D eigenvalue weighted by Crippen LogP contribution is -2.28. The Kier molecular flexibility index (Phi) is 5.43. The van der Waals surface area contributed by atoms with Crippen LogP contribution in [-0.2, 0) is 16.0 Å². The maximum Gasteiger partial charge on any atom is 0.229 e. The fraction of sp³-hybridized carbons (Fsp3) is 0.300. The third-order valence-corrected chi connectivity index (χ3v) is 5.19. The van der Waals surface area contributed by atoms with Gasteiger partial charge in [-0.15, -0.1) is 11.8 Å². The van der Waals surface area contributed by atoms with E-state index in [-0.39, 0.29) is 24.2 Å². The summed E-state index contributed by atoms with van der Waals surface area (Å²) in [5.41, 5.74) is 2.84. The number of carbonyl (C=O) groups excluding carboxylic acids is 2. The van der Waals surface area contributed by atoms with Crippen LogP contribution in [0.25, 0.3) is 0 Å². The van der Waals surface area contributed by atoms with E-state index in [0.717, 1.165) is 22.7 Å². The molecule has 2 aromatic rings. The summed E-state index contributed by atoms with van der Waals surface area (Å²) in [6.45, 7) is 2.52. The third kappa shape index (κ3) is 4.04. The molecule has 1 fully saturated rings. The van der Waals surface area contributed by atoms with Crippen molar-refractivity contribution in [2.24, 2.45) is 5.92 Å². The van der Waals surface area contributed by atoms with Crippen LogP contribution in [0.1, 0.15) is 18.9 Å². The summed E-state index contributed by atoms with van der Waals surface area (Å²) < 4.78 is 0. The Morgan fingerprint density at radius 3 is 2.80 bits per heavy atom. The summed E-state index contributed by atoms with van der Waals surface area (Å²) in [6.07, 6.45) is 3.18. The molecule has 0 saturated carbocycles. The Morgan fingerprint density at radius 2 is 2.04 bits per heavy atom. The zero-order valence-electron chi connectivity index (χ0n) is 14.5. The smallest absolute Gasteiger partial charge is 0.229 e. The summed E-state index contributed by atoms with van der Waals surface area (Å²) in [5, 5.41) is 2.94. The molecule has 1 atom stereocenters. The van der Waals surface area contributed by atoms with Crippen LogP contribution >= 0.6 is 11.8 Å². The highest BCUT2D eigenvalue weighted by Gasteiger charge is 2.35. The summed E-state index contributed by atoms with van der Waals surface area (Å²) in [4.78, 5) is 27.8. The van der Waals surface area contributed by atoms with Crippen molar-refractivity contribution in [2.45, 2.75) is 24.7 Å². The Labute approximate surface area is 152 Å². The number of rotatable bonds is 5. The zero-order chi connectivity index (χ0) is 17.8. The van der Waals surface area contributed by atoms with Crippen LogP contribution < -0.4 is 10.2 Å². The molecule has 1 N–H and O–H groups in total. The molecular weight excluding hydrogens is 332 g/mol. The minimum absolute atomic E-state index is 0.00580. The highest BCUT2D eigenvalue weighted by atomic mass is 32.2. The summed E-state index contributed by atoms with van der Waals surface area (Å²) in [7, 11) is 0. The first-order valence-electron chi connectivity index (χ1n) is 8.45. The molecule has 1 aliphatic rings. The van der Waals surface area contributed by atoms with Gasteiger partial charge in [-0.2, -0.15) is 0 Å². The first-order chi connectivity index (χ1) is 12.1. The second-order valence-corrected chi connectivity index (χ2v) is 7.03. The van der Waals surface area contributed by atoms with Crippen LogP contribution in [0.4, 0.5) is 11.4 Å². The van der Waals surface area contributed by atoms with E-state index >= 15 is 0 Å². The van der Waals surface area contributed by atoms with Crippen molar-refractivity contribution in [3.8, 4) is 0 Å². The Balaban J connectivity index is 1.69. The highest BCUT2D eigenvalue weighted by Crippen LogP contribution is 2.27. The number of nitrogens with zero attached hydrogens (tertiary/aromatic N) is 1. The Hall–Kier alpha value is -2.27. The normalized spacial score (nSPS) is 17.0. The SMILES string of the molecule is CCc1cccc(N2C[C@@H](C(=O)Nc3cccc(SC)c3)CC2=O)c1. The molecule has 1 aliphatic heterocycles. The molecule has 130 valence electrons. The number of nitrogens with one attached hydrogen (secondary N) is 1. The molecule has 0 radical (unpaired) electrons. The third-order valence-electron chi connectivity index (χ3n) is 4.46. The highest BCUT2D eigenvalue weighted by molar-refractivity contribution is 7.98. The molecule has 0 spiro atoms. The minimum Gasteiger partial charge on any atom is -0.326 e. The van der Waals surface area contributed by atoms with Gasteiger partial charge in [0.25, 0.3) is 0 Å². The molecule has 5 heteroatoms. The van der Waals surface area contributed by atoms with Crippen molar-refractivity contribution in [1.29, 1.82) is 0 Å². The standard InChI is InChI=1S/C20H22N2O2S/c1-3-14-6-4-8-17(10-14)22-13-15(11-19(22)23)20(24)21-16-7-5-9-18(12-16)25-2/h4-10,12,15H,3,11,13H2,1-2H3,(H,21,24)/t15-/m0/s1. The van der Waals surface area contributed by atoms with Crippen LogP contribution in [0.15, 0.2) is 53.4 Å². The van der Waals surface area contributed by atoms with E-state index < -0.39 is 0 Å². The lowest BCUT2D eigenvalue weighted by molar-refractivity contribution is -0.122. The lowest BCUT2D eigenvalue weighted by atomic mass is 10.1. The van der Waals surface area contributed by atoms with Gasteiger partial charge in [0.2, 0.25) is 11.8 Å². The van der Waals surface area contributed by atoms with Crippen molar-refractivity contribution in [1.82, 2.24) is 0 Å². The number of hydrogen-bond acceptors (Lipinski definition) is 3.